The molecule has 0 spiro atoms. The number of thioether (sulfide) groups is 1. The molecule has 2 aliphatic rings. The lowest BCUT2D eigenvalue weighted by atomic mass is 10.2. The maximum Gasteiger partial charge on any atom is 0.237 e. The molecule has 1 aromatic heterocycles. The number of benzene rings is 1. The number of ether oxygens (including phenoxy) is 2. The minimum atomic E-state index is -0.477. The standard InChI is InChI=1S/C20H26FN5O3S/c1-14(18(27)22-17-7-3-2-6-16(17)21)30-20-24-23-19(25-8-11-28-12-9-25)26(20)13-15-5-4-10-29-15/h2-3,6-7,14-15H,4-5,8-13H2,1H3,(H,22,27)/t14-,15+/m1/s1. The van der Waals surface area contributed by atoms with Crippen LogP contribution in [0.3, 0.4) is 0 Å². The van der Waals surface area contributed by atoms with Gasteiger partial charge in [0.1, 0.15) is 5.82 Å². The van der Waals surface area contributed by atoms with Gasteiger partial charge in [-0.15, -0.1) is 10.2 Å². The van der Waals surface area contributed by atoms with E-state index < -0.39 is 11.1 Å². The van der Waals surface area contributed by atoms with Crippen LogP contribution in [0.5, 0.6) is 0 Å². The van der Waals surface area contributed by atoms with E-state index in [9.17, 15) is 9.18 Å². The predicted octanol–water partition coefficient (Wildman–Crippen LogP) is 2.55. The highest BCUT2D eigenvalue weighted by Crippen LogP contribution is 2.29. The van der Waals surface area contributed by atoms with Gasteiger partial charge < -0.3 is 19.7 Å². The maximum absolute atomic E-state index is 13.9. The smallest absolute Gasteiger partial charge is 0.237 e. The molecule has 162 valence electrons. The number of carbonyl (C=O) groups excluding carboxylic acids is 1. The number of carbonyl (C=O) groups is 1. The number of anilines is 2. The molecule has 1 aromatic carbocycles. The number of nitrogens with one attached hydrogen (secondary N) is 1. The minimum absolute atomic E-state index is 0.114. The van der Waals surface area contributed by atoms with Crippen molar-refractivity contribution in [1.29, 1.82) is 0 Å². The van der Waals surface area contributed by atoms with Crippen molar-refractivity contribution in [3.8, 4) is 0 Å². The van der Waals surface area contributed by atoms with Gasteiger partial charge >= 0.3 is 0 Å². The number of hydrogen-bond acceptors (Lipinski definition) is 7. The average Bonchev–Trinajstić information content (AvgIpc) is 3.41. The summed E-state index contributed by atoms with van der Waals surface area (Å²) in [6, 6.07) is 6.13. The summed E-state index contributed by atoms with van der Waals surface area (Å²) in [6.07, 6.45) is 2.15. The Labute approximate surface area is 179 Å². The number of halogens is 1. The highest BCUT2D eigenvalue weighted by Gasteiger charge is 2.27. The van der Waals surface area contributed by atoms with E-state index in [-0.39, 0.29) is 17.7 Å². The normalized spacial score (nSPS) is 20.3. The monoisotopic (exact) mass is 435 g/mol. The van der Waals surface area contributed by atoms with Crippen LogP contribution in [0.25, 0.3) is 0 Å². The fourth-order valence-corrected chi connectivity index (χ4v) is 4.38. The van der Waals surface area contributed by atoms with E-state index in [0.29, 0.717) is 24.9 Å². The number of para-hydroxylation sites is 1. The predicted molar refractivity (Wildman–Crippen MR) is 112 cm³/mol. The van der Waals surface area contributed by atoms with Gasteiger partial charge in [0.2, 0.25) is 11.9 Å². The minimum Gasteiger partial charge on any atom is -0.378 e. The number of rotatable bonds is 7. The summed E-state index contributed by atoms with van der Waals surface area (Å²) < 4.78 is 27.2. The van der Waals surface area contributed by atoms with E-state index in [1.165, 1.54) is 17.8 Å². The van der Waals surface area contributed by atoms with Crippen molar-refractivity contribution in [1.82, 2.24) is 14.8 Å². The molecule has 2 aliphatic heterocycles. The molecule has 2 atom stereocenters. The molecule has 10 heteroatoms. The molecule has 8 nitrogen and oxygen atoms in total. The first kappa shape index (κ1) is 21.1. The number of aromatic nitrogens is 3. The molecule has 0 bridgehead atoms. The fraction of sp³-hybridized carbons (Fsp3) is 0.550. The molecule has 4 rings (SSSR count). The quantitative estimate of drug-likeness (QED) is 0.670. The van der Waals surface area contributed by atoms with Crippen LogP contribution in [-0.4, -0.2) is 64.9 Å². The summed E-state index contributed by atoms with van der Waals surface area (Å²) in [5.74, 6) is 0.0295. The first-order valence-electron chi connectivity index (χ1n) is 10.2. The molecule has 2 aromatic rings. The molecule has 2 fully saturated rings. The summed E-state index contributed by atoms with van der Waals surface area (Å²) in [6.45, 7) is 5.98. The Kier molecular flexibility index (Phi) is 6.86. The van der Waals surface area contributed by atoms with E-state index in [0.717, 1.165) is 38.5 Å². The second-order valence-electron chi connectivity index (χ2n) is 7.36. The zero-order chi connectivity index (χ0) is 20.9. The highest BCUT2D eigenvalue weighted by atomic mass is 32.2. The van der Waals surface area contributed by atoms with Crippen molar-refractivity contribution in [2.75, 3.05) is 43.1 Å². The summed E-state index contributed by atoms with van der Waals surface area (Å²) in [7, 11) is 0. The Hall–Kier alpha value is -2.17. The molecule has 1 amide bonds. The van der Waals surface area contributed by atoms with Gasteiger partial charge in [0, 0.05) is 19.7 Å². The lowest BCUT2D eigenvalue weighted by Gasteiger charge is -2.28. The highest BCUT2D eigenvalue weighted by molar-refractivity contribution is 8.00. The average molecular weight is 436 g/mol. The summed E-state index contributed by atoms with van der Waals surface area (Å²) in [5, 5.41) is 11.6. The van der Waals surface area contributed by atoms with Crippen LogP contribution in [-0.2, 0) is 20.8 Å². The van der Waals surface area contributed by atoms with E-state index in [1.54, 1.807) is 25.1 Å². The lowest BCUT2D eigenvalue weighted by Crippen LogP contribution is -2.38. The van der Waals surface area contributed by atoms with Gasteiger partial charge in [0.25, 0.3) is 0 Å². The van der Waals surface area contributed by atoms with E-state index in [2.05, 4.69) is 20.4 Å². The zero-order valence-electron chi connectivity index (χ0n) is 16.9. The molecule has 0 radical (unpaired) electrons. The van der Waals surface area contributed by atoms with Crippen molar-refractivity contribution >= 4 is 29.3 Å². The Morgan fingerprint density at radius 2 is 2.10 bits per heavy atom. The summed E-state index contributed by atoms with van der Waals surface area (Å²) in [4.78, 5) is 14.8. The molecule has 30 heavy (non-hydrogen) atoms. The van der Waals surface area contributed by atoms with Gasteiger partial charge in [-0.1, -0.05) is 23.9 Å². The van der Waals surface area contributed by atoms with Gasteiger partial charge in [-0.25, -0.2) is 4.39 Å². The fourth-order valence-electron chi connectivity index (χ4n) is 3.53. The van der Waals surface area contributed by atoms with Crippen molar-refractivity contribution in [2.45, 2.75) is 42.8 Å². The van der Waals surface area contributed by atoms with Gasteiger partial charge in [-0.3, -0.25) is 9.36 Å². The number of hydrogen-bond donors (Lipinski definition) is 1. The Bertz CT molecular complexity index is 868. The van der Waals surface area contributed by atoms with Crippen molar-refractivity contribution in [3.05, 3.63) is 30.1 Å². The van der Waals surface area contributed by atoms with E-state index in [1.807, 2.05) is 4.57 Å². The van der Waals surface area contributed by atoms with Gasteiger partial charge in [0.05, 0.1) is 36.8 Å². The van der Waals surface area contributed by atoms with E-state index in [4.69, 9.17) is 9.47 Å². The molecule has 0 unspecified atom stereocenters. The lowest BCUT2D eigenvalue weighted by molar-refractivity contribution is -0.115. The third kappa shape index (κ3) is 4.93. The topological polar surface area (TPSA) is 81.5 Å². The maximum atomic E-state index is 13.9. The Morgan fingerprint density at radius 3 is 2.83 bits per heavy atom. The summed E-state index contributed by atoms with van der Waals surface area (Å²) in [5.41, 5.74) is 0.171. The molecule has 1 N–H and O–H groups in total. The largest absolute Gasteiger partial charge is 0.378 e. The number of amides is 1. The van der Waals surface area contributed by atoms with Gasteiger partial charge in [-0.2, -0.15) is 0 Å². The third-order valence-corrected chi connectivity index (χ3v) is 6.27. The van der Waals surface area contributed by atoms with Crippen LogP contribution in [0, 0.1) is 5.82 Å². The third-order valence-electron chi connectivity index (χ3n) is 5.18. The van der Waals surface area contributed by atoms with E-state index >= 15 is 0 Å². The van der Waals surface area contributed by atoms with Crippen molar-refractivity contribution in [2.24, 2.45) is 0 Å². The summed E-state index contributed by atoms with van der Waals surface area (Å²) >= 11 is 1.31. The van der Waals surface area contributed by atoms with Crippen LogP contribution < -0.4 is 10.2 Å². The SMILES string of the molecule is C[C@@H](Sc1nnc(N2CCOCC2)n1C[C@@H]1CCCO1)C(=O)Nc1ccccc1F. The van der Waals surface area contributed by atoms with Crippen molar-refractivity contribution < 1.29 is 18.7 Å². The molecule has 2 saturated heterocycles. The molecular formula is C20H26FN5O3S. The first-order valence-corrected chi connectivity index (χ1v) is 11.1. The molecular weight excluding hydrogens is 409 g/mol. The molecule has 0 aliphatic carbocycles. The Morgan fingerprint density at radius 1 is 1.30 bits per heavy atom. The second-order valence-corrected chi connectivity index (χ2v) is 8.66. The van der Waals surface area contributed by atoms with Gasteiger partial charge in [-0.05, 0) is 31.9 Å². The Balaban J connectivity index is 1.49. The van der Waals surface area contributed by atoms with Gasteiger partial charge in [0.15, 0.2) is 5.16 Å². The molecule has 3 heterocycles. The second kappa shape index (κ2) is 9.76. The van der Waals surface area contributed by atoms with Crippen LogP contribution in [0.4, 0.5) is 16.0 Å². The van der Waals surface area contributed by atoms with Crippen LogP contribution in [0.2, 0.25) is 0 Å². The van der Waals surface area contributed by atoms with Crippen LogP contribution in [0.1, 0.15) is 19.8 Å². The zero-order valence-corrected chi connectivity index (χ0v) is 17.7. The number of nitrogens with zero attached hydrogens (tertiary/aromatic N) is 4. The van der Waals surface area contributed by atoms with Crippen LogP contribution >= 0.6 is 11.8 Å². The molecule has 0 saturated carbocycles. The first-order chi connectivity index (χ1) is 14.6. The van der Waals surface area contributed by atoms with Crippen LogP contribution in [0.15, 0.2) is 29.4 Å². The number of morpholine rings is 1. The van der Waals surface area contributed by atoms with Crippen molar-refractivity contribution in [3.63, 3.8) is 0 Å².